The predicted molar refractivity (Wildman–Crippen MR) is 65.8 cm³/mol. The lowest BCUT2D eigenvalue weighted by Crippen LogP contribution is -2.14. The van der Waals surface area contributed by atoms with Gasteiger partial charge >= 0.3 is 0 Å². The Morgan fingerprint density at radius 1 is 1.44 bits per heavy atom. The molecule has 0 radical (unpaired) electrons. The normalized spacial score (nSPS) is 10.4. The second kappa shape index (κ2) is 5.22. The van der Waals surface area contributed by atoms with Gasteiger partial charge < -0.3 is 0 Å². The molecule has 94 valence electrons. The van der Waals surface area contributed by atoms with E-state index in [9.17, 15) is 13.6 Å². The third-order valence-electron chi connectivity index (χ3n) is 2.31. The van der Waals surface area contributed by atoms with Crippen LogP contribution in [0.15, 0.2) is 23.6 Å². The Bertz CT molecular complexity index is 583. The molecule has 1 heterocycles. The van der Waals surface area contributed by atoms with Gasteiger partial charge in [0.1, 0.15) is 11.6 Å². The number of benzene rings is 1. The second-order valence-corrected chi connectivity index (χ2v) is 4.43. The number of nitrogens with one attached hydrogen (secondary N) is 1. The van der Waals surface area contributed by atoms with Crippen molar-refractivity contribution in [2.24, 2.45) is 0 Å². The molecule has 2 rings (SSSR count). The molecule has 1 amide bonds. The molecule has 0 saturated heterocycles. The van der Waals surface area contributed by atoms with E-state index in [1.807, 2.05) is 6.92 Å². The Morgan fingerprint density at radius 2 is 2.22 bits per heavy atom. The van der Waals surface area contributed by atoms with Crippen molar-refractivity contribution in [2.45, 2.75) is 13.3 Å². The second-order valence-electron chi connectivity index (χ2n) is 3.58. The van der Waals surface area contributed by atoms with Crippen LogP contribution in [0.4, 0.5) is 13.9 Å². The van der Waals surface area contributed by atoms with Gasteiger partial charge in [-0.2, -0.15) is 0 Å². The fourth-order valence-corrected chi connectivity index (χ4v) is 2.15. The summed E-state index contributed by atoms with van der Waals surface area (Å²) in [6.07, 6.45) is 0.751. The maximum atomic E-state index is 13.3. The Kier molecular flexibility index (Phi) is 3.66. The molecule has 0 unspecified atom stereocenters. The molecule has 0 bridgehead atoms. The maximum absolute atomic E-state index is 13.3. The highest BCUT2D eigenvalue weighted by atomic mass is 32.1. The molecule has 2 aromatic rings. The van der Waals surface area contributed by atoms with Gasteiger partial charge in [0.2, 0.25) is 0 Å². The minimum atomic E-state index is -0.763. The van der Waals surface area contributed by atoms with Crippen molar-refractivity contribution >= 4 is 22.4 Å². The maximum Gasteiger partial charge on any atom is 0.260 e. The molecular weight excluding hydrogens is 258 g/mol. The summed E-state index contributed by atoms with van der Waals surface area (Å²) < 4.78 is 26.3. The van der Waals surface area contributed by atoms with Gasteiger partial charge in [-0.25, -0.2) is 13.8 Å². The van der Waals surface area contributed by atoms with E-state index in [1.165, 1.54) is 11.3 Å². The van der Waals surface area contributed by atoms with Crippen LogP contribution in [0.25, 0.3) is 0 Å². The van der Waals surface area contributed by atoms with Gasteiger partial charge in [-0.3, -0.25) is 10.1 Å². The van der Waals surface area contributed by atoms with Gasteiger partial charge in [0.15, 0.2) is 5.13 Å². The van der Waals surface area contributed by atoms with Gasteiger partial charge in [-0.1, -0.05) is 6.92 Å². The molecule has 0 aliphatic rings. The number of thiazole rings is 1. The average molecular weight is 268 g/mol. The summed E-state index contributed by atoms with van der Waals surface area (Å²) in [6.45, 7) is 1.94. The summed E-state index contributed by atoms with van der Waals surface area (Å²) in [6, 6.07) is 2.74. The minimum absolute atomic E-state index is 0.330. The first kappa shape index (κ1) is 12.6. The molecule has 3 nitrogen and oxygen atoms in total. The standard InChI is InChI=1S/C12H10F2N2OS/c1-2-8-6-18-12(15-8)16-11(17)9-5-7(13)3-4-10(9)14/h3-6H,2H2,1H3,(H,15,16,17). The molecule has 6 heteroatoms. The van der Waals surface area contributed by atoms with E-state index in [1.54, 1.807) is 5.38 Å². The Labute approximate surface area is 106 Å². The number of carbonyl (C=O) groups excluding carboxylic acids is 1. The average Bonchev–Trinajstić information content (AvgIpc) is 2.80. The number of nitrogens with zero attached hydrogens (tertiary/aromatic N) is 1. The largest absolute Gasteiger partial charge is 0.298 e. The molecular formula is C12H10F2N2OS. The Balaban J connectivity index is 2.19. The SMILES string of the molecule is CCc1csc(NC(=O)c2cc(F)ccc2F)n1. The molecule has 18 heavy (non-hydrogen) atoms. The molecule has 0 atom stereocenters. The van der Waals surface area contributed by atoms with Crippen LogP contribution < -0.4 is 5.32 Å². The zero-order valence-corrected chi connectivity index (χ0v) is 10.4. The van der Waals surface area contributed by atoms with Crippen LogP contribution in [-0.2, 0) is 6.42 Å². The molecule has 1 aromatic heterocycles. The van der Waals surface area contributed by atoms with Gasteiger partial charge in [0.25, 0.3) is 5.91 Å². The Morgan fingerprint density at radius 3 is 2.89 bits per heavy atom. The van der Waals surface area contributed by atoms with Gasteiger partial charge in [-0.15, -0.1) is 11.3 Å². The third-order valence-corrected chi connectivity index (χ3v) is 3.11. The summed E-state index contributed by atoms with van der Waals surface area (Å²) in [5, 5.41) is 4.62. The number of rotatable bonds is 3. The highest BCUT2D eigenvalue weighted by Gasteiger charge is 2.14. The molecule has 0 aliphatic heterocycles. The zero-order valence-electron chi connectivity index (χ0n) is 9.54. The highest BCUT2D eigenvalue weighted by Crippen LogP contribution is 2.18. The molecule has 0 aliphatic carbocycles. The highest BCUT2D eigenvalue weighted by molar-refractivity contribution is 7.13. The van der Waals surface area contributed by atoms with Crippen molar-refractivity contribution in [3.05, 3.63) is 46.5 Å². The van der Waals surface area contributed by atoms with E-state index in [0.29, 0.717) is 5.13 Å². The van der Waals surface area contributed by atoms with Crippen LogP contribution in [-0.4, -0.2) is 10.9 Å². The molecule has 0 spiro atoms. The quantitative estimate of drug-likeness (QED) is 0.928. The number of aromatic nitrogens is 1. The van der Waals surface area contributed by atoms with Crippen LogP contribution >= 0.6 is 11.3 Å². The summed E-state index contributed by atoms with van der Waals surface area (Å²) in [4.78, 5) is 15.9. The Hall–Kier alpha value is -1.82. The molecule has 0 saturated carbocycles. The minimum Gasteiger partial charge on any atom is -0.298 e. The van der Waals surface area contributed by atoms with Crippen molar-refractivity contribution < 1.29 is 13.6 Å². The molecule has 0 fully saturated rings. The van der Waals surface area contributed by atoms with Crippen molar-refractivity contribution in [3.8, 4) is 0 Å². The smallest absolute Gasteiger partial charge is 0.260 e. The first-order valence-corrected chi connectivity index (χ1v) is 6.19. The van der Waals surface area contributed by atoms with Crippen LogP contribution in [0.2, 0.25) is 0 Å². The van der Waals surface area contributed by atoms with Crippen molar-refractivity contribution in [1.82, 2.24) is 4.98 Å². The summed E-state index contributed by atoms with van der Waals surface area (Å²) in [5.74, 6) is -2.12. The van der Waals surface area contributed by atoms with E-state index in [-0.39, 0.29) is 5.56 Å². The van der Waals surface area contributed by atoms with Gasteiger partial charge in [0.05, 0.1) is 11.3 Å². The van der Waals surface area contributed by atoms with Gasteiger partial charge in [-0.05, 0) is 24.6 Å². The number of anilines is 1. The van der Waals surface area contributed by atoms with Crippen LogP contribution in [0.1, 0.15) is 23.0 Å². The fourth-order valence-electron chi connectivity index (χ4n) is 1.36. The number of hydrogen-bond acceptors (Lipinski definition) is 3. The monoisotopic (exact) mass is 268 g/mol. The number of amides is 1. The number of halogens is 2. The molecule has 1 aromatic carbocycles. The van der Waals surface area contributed by atoms with Crippen LogP contribution in [0.3, 0.4) is 0 Å². The van der Waals surface area contributed by atoms with E-state index in [2.05, 4.69) is 10.3 Å². The van der Waals surface area contributed by atoms with Crippen LogP contribution in [0, 0.1) is 11.6 Å². The number of hydrogen-bond donors (Lipinski definition) is 1. The topological polar surface area (TPSA) is 42.0 Å². The first-order valence-electron chi connectivity index (χ1n) is 5.31. The van der Waals surface area contributed by atoms with E-state index >= 15 is 0 Å². The lowest BCUT2D eigenvalue weighted by atomic mass is 10.2. The van der Waals surface area contributed by atoms with Crippen LogP contribution in [0.5, 0.6) is 0 Å². The lowest BCUT2D eigenvalue weighted by molar-refractivity contribution is 0.102. The van der Waals surface area contributed by atoms with E-state index < -0.39 is 17.5 Å². The summed E-state index contributed by atoms with van der Waals surface area (Å²) in [5.41, 5.74) is 0.512. The number of aryl methyl sites for hydroxylation is 1. The van der Waals surface area contributed by atoms with Gasteiger partial charge in [0, 0.05) is 5.38 Å². The van der Waals surface area contributed by atoms with Crippen molar-refractivity contribution in [1.29, 1.82) is 0 Å². The predicted octanol–water partition coefficient (Wildman–Crippen LogP) is 3.24. The summed E-state index contributed by atoms with van der Waals surface area (Å²) in [7, 11) is 0. The first-order chi connectivity index (χ1) is 8.60. The van der Waals surface area contributed by atoms with E-state index in [0.717, 1.165) is 30.3 Å². The zero-order chi connectivity index (χ0) is 13.1. The summed E-state index contributed by atoms with van der Waals surface area (Å²) >= 11 is 1.25. The van der Waals surface area contributed by atoms with Crippen molar-refractivity contribution in [2.75, 3.05) is 5.32 Å². The van der Waals surface area contributed by atoms with Crippen molar-refractivity contribution in [3.63, 3.8) is 0 Å². The molecule has 1 N–H and O–H groups in total. The van der Waals surface area contributed by atoms with E-state index in [4.69, 9.17) is 0 Å². The fraction of sp³-hybridized carbons (Fsp3) is 0.167. The third kappa shape index (κ3) is 2.70. The lowest BCUT2D eigenvalue weighted by Gasteiger charge is -2.03. The number of carbonyl (C=O) groups is 1.